The van der Waals surface area contributed by atoms with Crippen molar-refractivity contribution in [2.45, 2.75) is 13.8 Å². The van der Waals surface area contributed by atoms with Gasteiger partial charge in [-0.05, 0) is 13.8 Å². The van der Waals surface area contributed by atoms with Crippen LogP contribution in [0.2, 0.25) is 0 Å². The highest BCUT2D eigenvalue weighted by Crippen LogP contribution is 2.24. The zero-order valence-electron chi connectivity index (χ0n) is 8.40. The first kappa shape index (κ1) is 10.8. The summed E-state index contributed by atoms with van der Waals surface area (Å²) in [5, 5.41) is 10.3. The van der Waals surface area contributed by atoms with Crippen LogP contribution < -0.4 is 10.6 Å². The van der Waals surface area contributed by atoms with Crippen LogP contribution in [0.4, 0.5) is 10.1 Å². The summed E-state index contributed by atoms with van der Waals surface area (Å²) < 4.78 is 0. The van der Waals surface area contributed by atoms with Crippen LogP contribution in [-0.2, 0) is 0 Å². The first-order valence-electron chi connectivity index (χ1n) is 4.53. The van der Waals surface area contributed by atoms with Crippen LogP contribution in [0.3, 0.4) is 0 Å². The summed E-state index contributed by atoms with van der Waals surface area (Å²) in [7, 11) is 0. The number of nitrogen functional groups attached to an aromatic ring is 1. The molecule has 76 valence electrons. The lowest BCUT2D eigenvalue weighted by Crippen LogP contribution is -2.27. The lowest BCUT2D eigenvalue weighted by molar-refractivity contribution is 0.684. The van der Waals surface area contributed by atoms with E-state index in [4.69, 9.17) is 11.0 Å². The monoisotopic (exact) mass is 210 g/mol. The first-order chi connectivity index (χ1) is 6.67. The van der Waals surface area contributed by atoms with Gasteiger partial charge in [-0.3, -0.25) is 0 Å². The summed E-state index contributed by atoms with van der Waals surface area (Å²) in [6.45, 7) is 5.50. The molecule has 0 saturated carbocycles. The highest BCUT2D eigenvalue weighted by molar-refractivity contribution is 7.19. The molecule has 1 atom stereocenters. The van der Waals surface area contributed by atoms with Crippen LogP contribution in [0.5, 0.6) is 0 Å². The number of hydrogen-bond donors (Lipinski definition) is 1. The second kappa shape index (κ2) is 4.82. The Morgan fingerprint density at radius 3 is 2.93 bits per heavy atom. The van der Waals surface area contributed by atoms with Crippen LogP contribution in [0.1, 0.15) is 13.8 Å². The van der Waals surface area contributed by atoms with E-state index in [1.165, 1.54) is 11.3 Å². The summed E-state index contributed by atoms with van der Waals surface area (Å²) in [4.78, 5) is 6.25. The summed E-state index contributed by atoms with van der Waals surface area (Å²) >= 11 is 1.46. The molecule has 0 saturated heterocycles. The molecule has 1 aromatic heterocycles. The third kappa shape index (κ3) is 2.60. The molecule has 0 aliphatic carbocycles. The molecule has 2 N–H and O–H groups in total. The van der Waals surface area contributed by atoms with Gasteiger partial charge in [0.1, 0.15) is 5.00 Å². The fraction of sp³-hybridized carbons (Fsp3) is 0.556. The highest BCUT2D eigenvalue weighted by Gasteiger charge is 2.11. The van der Waals surface area contributed by atoms with E-state index in [1.54, 1.807) is 6.20 Å². The van der Waals surface area contributed by atoms with E-state index < -0.39 is 0 Å². The molecule has 14 heavy (non-hydrogen) atoms. The maximum Gasteiger partial charge on any atom is 0.187 e. The fourth-order valence-electron chi connectivity index (χ4n) is 1.14. The molecule has 0 amide bonds. The smallest absolute Gasteiger partial charge is 0.187 e. The van der Waals surface area contributed by atoms with Gasteiger partial charge in [0.25, 0.3) is 0 Å². The van der Waals surface area contributed by atoms with Gasteiger partial charge in [0, 0.05) is 13.1 Å². The van der Waals surface area contributed by atoms with Gasteiger partial charge >= 0.3 is 0 Å². The highest BCUT2D eigenvalue weighted by atomic mass is 32.1. The van der Waals surface area contributed by atoms with E-state index >= 15 is 0 Å². The molecule has 0 aliphatic rings. The molecule has 0 spiro atoms. The molecule has 1 rings (SSSR count). The molecule has 0 bridgehead atoms. The van der Waals surface area contributed by atoms with Crippen LogP contribution in [0, 0.1) is 17.2 Å². The Bertz CT molecular complexity index is 328. The van der Waals surface area contributed by atoms with Crippen molar-refractivity contribution in [3.8, 4) is 6.07 Å². The van der Waals surface area contributed by atoms with Crippen molar-refractivity contribution in [3.63, 3.8) is 0 Å². The van der Waals surface area contributed by atoms with Crippen molar-refractivity contribution in [1.29, 1.82) is 5.26 Å². The summed E-state index contributed by atoms with van der Waals surface area (Å²) in [6, 6.07) is 2.21. The first-order valence-corrected chi connectivity index (χ1v) is 5.34. The minimum absolute atomic E-state index is 0.0140. The minimum atomic E-state index is 0.0140. The van der Waals surface area contributed by atoms with Gasteiger partial charge < -0.3 is 10.6 Å². The molecule has 0 radical (unpaired) electrons. The normalized spacial score (nSPS) is 12.1. The van der Waals surface area contributed by atoms with E-state index in [-0.39, 0.29) is 5.92 Å². The van der Waals surface area contributed by atoms with Crippen LogP contribution in [0.25, 0.3) is 0 Å². The second-order valence-corrected chi connectivity index (χ2v) is 4.15. The van der Waals surface area contributed by atoms with E-state index in [0.717, 1.165) is 11.7 Å². The SMILES string of the molecule is CCN(CC(C)C#N)c1ncc(N)s1. The number of hydrogen-bond acceptors (Lipinski definition) is 5. The maximum absolute atomic E-state index is 8.71. The van der Waals surface area contributed by atoms with Gasteiger partial charge in [0.05, 0.1) is 18.2 Å². The van der Waals surface area contributed by atoms with Gasteiger partial charge in [-0.1, -0.05) is 11.3 Å². The molecular formula is C9H14N4S. The van der Waals surface area contributed by atoms with Crippen molar-refractivity contribution in [3.05, 3.63) is 6.20 Å². The minimum Gasteiger partial charge on any atom is -0.389 e. The molecule has 0 aromatic carbocycles. The Kier molecular flexibility index (Phi) is 3.72. The Balaban J connectivity index is 2.68. The van der Waals surface area contributed by atoms with E-state index in [2.05, 4.69) is 16.0 Å². The average Bonchev–Trinajstić information content (AvgIpc) is 2.60. The van der Waals surface area contributed by atoms with Gasteiger partial charge in [0.2, 0.25) is 0 Å². The van der Waals surface area contributed by atoms with Crippen molar-refractivity contribution < 1.29 is 0 Å². The topological polar surface area (TPSA) is 65.9 Å². The summed E-state index contributed by atoms with van der Waals surface area (Å²) in [6.07, 6.45) is 1.65. The number of nitrogens with two attached hydrogens (primary N) is 1. The van der Waals surface area contributed by atoms with E-state index in [1.807, 2.05) is 13.8 Å². The standard InChI is InChI=1S/C9H14N4S/c1-3-13(6-7(2)4-10)9-12-5-8(11)14-9/h5,7H,3,6,11H2,1-2H3. The maximum atomic E-state index is 8.71. The van der Waals surface area contributed by atoms with Gasteiger partial charge in [-0.15, -0.1) is 0 Å². The molecule has 4 nitrogen and oxygen atoms in total. The van der Waals surface area contributed by atoms with Crippen molar-refractivity contribution >= 4 is 21.5 Å². The molecule has 1 unspecified atom stereocenters. The Hall–Kier alpha value is -1.28. The number of nitrogens with zero attached hydrogens (tertiary/aromatic N) is 3. The third-order valence-electron chi connectivity index (χ3n) is 1.88. The van der Waals surface area contributed by atoms with Gasteiger partial charge in [0.15, 0.2) is 5.13 Å². The molecular weight excluding hydrogens is 196 g/mol. The number of nitriles is 1. The van der Waals surface area contributed by atoms with E-state index in [9.17, 15) is 0 Å². The molecule has 1 aromatic rings. The quantitative estimate of drug-likeness (QED) is 0.821. The molecule has 0 aliphatic heterocycles. The van der Waals surface area contributed by atoms with Gasteiger partial charge in [-0.2, -0.15) is 5.26 Å². The Morgan fingerprint density at radius 2 is 2.50 bits per heavy atom. The largest absolute Gasteiger partial charge is 0.389 e. The lowest BCUT2D eigenvalue weighted by atomic mass is 10.2. The Morgan fingerprint density at radius 1 is 1.79 bits per heavy atom. The van der Waals surface area contributed by atoms with Gasteiger partial charge in [-0.25, -0.2) is 4.98 Å². The van der Waals surface area contributed by atoms with Crippen LogP contribution >= 0.6 is 11.3 Å². The van der Waals surface area contributed by atoms with Crippen LogP contribution in [-0.4, -0.2) is 18.1 Å². The number of aromatic nitrogens is 1. The Labute approximate surface area is 88.0 Å². The molecule has 0 fully saturated rings. The van der Waals surface area contributed by atoms with Crippen LogP contribution in [0.15, 0.2) is 6.20 Å². The third-order valence-corrected chi connectivity index (χ3v) is 2.77. The molecule has 1 heterocycles. The zero-order valence-corrected chi connectivity index (χ0v) is 9.21. The fourth-order valence-corrected chi connectivity index (χ4v) is 1.89. The number of rotatable bonds is 4. The van der Waals surface area contributed by atoms with Crippen molar-refractivity contribution in [2.24, 2.45) is 5.92 Å². The predicted octanol–water partition coefficient (Wildman–Crippen LogP) is 1.71. The van der Waals surface area contributed by atoms with Crippen molar-refractivity contribution in [2.75, 3.05) is 23.7 Å². The number of thiazole rings is 1. The summed E-state index contributed by atoms with van der Waals surface area (Å²) in [5.41, 5.74) is 5.60. The van der Waals surface area contributed by atoms with E-state index in [0.29, 0.717) is 11.5 Å². The predicted molar refractivity (Wildman–Crippen MR) is 59.2 cm³/mol. The zero-order chi connectivity index (χ0) is 10.6. The molecule has 5 heteroatoms. The average molecular weight is 210 g/mol. The second-order valence-electron chi connectivity index (χ2n) is 3.11. The summed E-state index contributed by atoms with van der Waals surface area (Å²) in [5.74, 6) is 0.0140. The van der Waals surface area contributed by atoms with Crippen molar-refractivity contribution in [1.82, 2.24) is 4.98 Å². The number of anilines is 2. The lowest BCUT2D eigenvalue weighted by Gasteiger charge is -2.20.